The number of amides is 1. The molecule has 1 N–H and O–H groups in total. The molecule has 0 saturated heterocycles. The van der Waals surface area contributed by atoms with Crippen LogP contribution in [0.15, 0.2) is 42.5 Å². The first-order chi connectivity index (χ1) is 10.6. The summed E-state index contributed by atoms with van der Waals surface area (Å²) in [6.45, 7) is 4.82. The van der Waals surface area contributed by atoms with Gasteiger partial charge in [-0.05, 0) is 55.0 Å². The summed E-state index contributed by atoms with van der Waals surface area (Å²) in [4.78, 5) is 11.9. The van der Waals surface area contributed by atoms with Crippen LogP contribution in [0, 0.1) is 13.8 Å². The van der Waals surface area contributed by atoms with Gasteiger partial charge in [0.2, 0.25) is 5.91 Å². The molecule has 0 atom stereocenters. The molecule has 1 amide bonds. The van der Waals surface area contributed by atoms with Crippen molar-refractivity contribution in [2.24, 2.45) is 0 Å². The molecule has 2 aromatic carbocycles. The number of carbonyl (C=O) groups excluding carboxylic acids is 1. The topological polar surface area (TPSA) is 29.1 Å². The first kappa shape index (κ1) is 16.6. The van der Waals surface area contributed by atoms with Crippen LogP contribution in [-0.4, -0.2) is 12.5 Å². The molecular formula is C19H22ClNO. The summed E-state index contributed by atoms with van der Waals surface area (Å²) < 4.78 is 0. The van der Waals surface area contributed by atoms with Crippen LogP contribution in [-0.2, 0) is 17.6 Å². The number of carbonyl (C=O) groups is 1. The third-order valence-electron chi connectivity index (χ3n) is 3.84. The maximum Gasteiger partial charge on any atom is 0.224 e. The lowest BCUT2D eigenvalue weighted by Gasteiger charge is -2.08. The molecule has 0 heterocycles. The van der Waals surface area contributed by atoms with Gasteiger partial charge < -0.3 is 5.32 Å². The number of halogens is 1. The third-order valence-corrected chi connectivity index (χ3v) is 4.21. The maximum absolute atomic E-state index is 11.9. The lowest BCUT2D eigenvalue weighted by molar-refractivity contribution is -0.120. The predicted molar refractivity (Wildman–Crippen MR) is 92.4 cm³/mol. The van der Waals surface area contributed by atoms with Gasteiger partial charge in [-0.3, -0.25) is 4.79 Å². The van der Waals surface area contributed by atoms with Crippen molar-refractivity contribution in [1.82, 2.24) is 5.32 Å². The number of nitrogens with one attached hydrogen (secondary N) is 1. The quantitative estimate of drug-likeness (QED) is 0.793. The first-order valence-corrected chi connectivity index (χ1v) is 8.00. The zero-order valence-corrected chi connectivity index (χ0v) is 13.9. The molecule has 0 aliphatic heterocycles. The Morgan fingerprint density at radius 2 is 1.86 bits per heavy atom. The largest absolute Gasteiger partial charge is 0.356 e. The van der Waals surface area contributed by atoms with Crippen molar-refractivity contribution in [3.63, 3.8) is 0 Å². The highest BCUT2D eigenvalue weighted by molar-refractivity contribution is 6.31. The predicted octanol–water partition coefficient (Wildman–Crippen LogP) is 4.25. The molecule has 0 aliphatic rings. The number of hydrogen-bond acceptors (Lipinski definition) is 1. The summed E-state index contributed by atoms with van der Waals surface area (Å²) in [6, 6.07) is 14.0. The molecule has 0 bridgehead atoms. The summed E-state index contributed by atoms with van der Waals surface area (Å²) in [6.07, 6.45) is 2.21. The summed E-state index contributed by atoms with van der Waals surface area (Å²) in [7, 11) is 0. The minimum atomic E-state index is 0.0717. The van der Waals surface area contributed by atoms with E-state index in [9.17, 15) is 4.79 Å². The SMILES string of the molecule is Cc1ccc(CC(=O)NCCCc2ccccc2Cl)cc1C. The molecule has 0 aromatic heterocycles. The van der Waals surface area contributed by atoms with Crippen LogP contribution in [0.5, 0.6) is 0 Å². The van der Waals surface area contributed by atoms with E-state index in [0.717, 1.165) is 29.0 Å². The van der Waals surface area contributed by atoms with E-state index in [4.69, 9.17) is 11.6 Å². The van der Waals surface area contributed by atoms with E-state index in [1.807, 2.05) is 30.3 Å². The Bertz CT molecular complexity index is 652. The van der Waals surface area contributed by atoms with E-state index in [-0.39, 0.29) is 5.91 Å². The highest BCUT2D eigenvalue weighted by atomic mass is 35.5. The van der Waals surface area contributed by atoms with Crippen LogP contribution in [0.1, 0.15) is 28.7 Å². The van der Waals surface area contributed by atoms with Crippen molar-refractivity contribution in [3.05, 3.63) is 69.7 Å². The van der Waals surface area contributed by atoms with Gasteiger partial charge in [-0.1, -0.05) is 48.0 Å². The van der Waals surface area contributed by atoms with Crippen molar-refractivity contribution in [1.29, 1.82) is 0 Å². The van der Waals surface area contributed by atoms with Gasteiger partial charge in [-0.2, -0.15) is 0 Å². The van der Waals surface area contributed by atoms with E-state index >= 15 is 0 Å². The van der Waals surface area contributed by atoms with Gasteiger partial charge in [0.1, 0.15) is 0 Å². The Kier molecular flexibility index (Phi) is 6.02. The van der Waals surface area contributed by atoms with E-state index < -0.39 is 0 Å². The summed E-state index contributed by atoms with van der Waals surface area (Å²) in [5.41, 5.74) is 4.67. The van der Waals surface area contributed by atoms with Gasteiger partial charge in [0.15, 0.2) is 0 Å². The van der Waals surface area contributed by atoms with Crippen LogP contribution in [0.2, 0.25) is 5.02 Å². The lowest BCUT2D eigenvalue weighted by atomic mass is 10.0. The average molecular weight is 316 g/mol. The van der Waals surface area contributed by atoms with Crippen molar-refractivity contribution < 1.29 is 4.79 Å². The molecule has 0 fully saturated rings. The average Bonchev–Trinajstić information content (AvgIpc) is 2.49. The van der Waals surface area contributed by atoms with Crippen LogP contribution in [0.25, 0.3) is 0 Å². The molecule has 0 aliphatic carbocycles. The Labute approximate surface area is 137 Å². The number of benzene rings is 2. The summed E-state index contributed by atoms with van der Waals surface area (Å²) in [5, 5.41) is 3.77. The van der Waals surface area contributed by atoms with Crippen molar-refractivity contribution in [3.8, 4) is 0 Å². The molecule has 3 heteroatoms. The van der Waals surface area contributed by atoms with Gasteiger partial charge in [0.25, 0.3) is 0 Å². The first-order valence-electron chi connectivity index (χ1n) is 7.62. The third kappa shape index (κ3) is 4.88. The summed E-state index contributed by atoms with van der Waals surface area (Å²) in [5.74, 6) is 0.0717. The fourth-order valence-electron chi connectivity index (χ4n) is 2.37. The minimum absolute atomic E-state index is 0.0717. The van der Waals surface area contributed by atoms with E-state index in [1.165, 1.54) is 11.1 Å². The molecule has 0 saturated carbocycles. The molecule has 0 radical (unpaired) electrons. The van der Waals surface area contributed by atoms with Gasteiger partial charge >= 0.3 is 0 Å². The zero-order chi connectivity index (χ0) is 15.9. The normalized spacial score (nSPS) is 10.5. The maximum atomic E-state index is 11.9. The Hall–Kier alpha value is -1.80. The lowest BCUT2D eigenvalue weighted by Crippen LogP contribution is -2.26. The van der Waals surface area contributed by atoms with Gasteiger partial charge in [0.05, 0.1) is 6.42 Å². The molecule has 2 rings (SSSR count). The van der Waals surface area contributed by atoms with E-state index in [1.54, 1.807) is 0 Å². The van der Waals surface area contributed by atoms with Crippen LogP contribution in [0.3, 0.4) is 0 Å². The molecule has 0 unspecified atom stereocenters. The smallest absolute Gasteiger partial charge is 0.224 e. The molecule has 0 spiro atoms. The van der Waals surface area contributed by atoms with Crippen LogP contribution in [0.4, 0.5) is 0 Å². The Morgan fingerprint density at radius 1 is 1.09 bits per heavy atom. The zero-order valence-electron chi connectivity index (χ0n) is 13.2. The van der Waals surface area contributed by atoms with Crippen LogP contribution >= 0.6 is 11.6 Å². The van der Waals surface area contributed by atoms with Gasteiger partial charge in [-0.15, -0.1) is 0 Å². The highest BCUT2D eigenvalue weighted by Crippen LogP contribution is 2.16. The Morgan fingerprint density at radius 3 is 2.59 bits per heavy atom. The highest BCUT2D eigenvalue weighted by Gasteiger charge is 2.04. The molecule has 22 heavy (non-hydrogen) atoms. The molecule has 2 nitrogen and oxygen atoms in total. The molecular weight excluding hydrogens is 294 g/mol. The second-order valence-corrected chi connectivity index (χ2v) is 6.05. The van der Waals surface area contributed by atoms with Crippen molar-refractivity contribution in [2.45, 2.75) is 33.1 Å². The number of rotatable bonds is 6. The number of aryl methyl sites for hydroxylation is 3. The van der Waals surface area contributed by atoms with Gasteiger partial charge in [-0.25, -0.2) is 0 Å². The van der Waals surface area contributed by atoms with Crippen molar-refractivity contribution in [2.75, 3.05) is 6.54 Å². The number of hydrogen-bond donors (Lipinski definition) is 1. The van der Waals surface area contributed by atoms with E-state index in [2.05, 4.69) is 31.3 Å². The Balaban J connectivity index is 1.74. The standard InChI is InChI=1S/C19H22ClNO/c1-14-9-10-16(12-15(14)2)13-19(22)21-11-5-7-17-6-3-4-8-18(17)20/h3-4,6,8-10,12H,5,7,11,13H2,1-2H3,(H,21,22). The minimum Gasteiger partial charge on any atom is -0.356 e. The fourth-order valence-corrected chi connectivity index (χ4v) is 2.60. The van der Waals surface area contributed by atoms with Crippen molar-refractivity contribution >= 4 is 17.5 Å². The van der Waals surface area contributed by atoms with E-state index in [0.29, 0.717) is 13.0 Å². The fraction of sp³-hybridized carbons (Fsp3) is 0.316. The second kappa shape index (κ2) is 8.00. The second-order valence-electron chi connectivity index (χ2n) is 5.64. The van der Waals surface area contributed by atoms with Gasteiger partial charge in [0, 0.05) is 11.6 Å². The monoisotopic (exact) mass is 315 g/mol. The molecule has 2 aromatic rings. The molecule has 116 valence electrons. The summed E-state index contributed by atoms with van der Waals surface area (Å²) >= 11 is 6.11. The van der Waals surface area contributed by atoms with Crippen LogP contribution < -0.4 is 5.32 Å².